The van der Waals surface area contributed by atoms with Gasteiger partial charge in [0.2, 0.25) is 17.7 Å². The lowest BCUT2D eigenvalue weighted by Gasteiger charge is -2.25. The van der Waals surface area contributed by atoms with Gasteiger partial charge in [-0.3, -0.25) is 19.2 Å². The van der Waals surface area contributed by atoms with Crippen LogP contribution in [0.1, 0.15) is 81.5 Å². The van der Waals surface area contributed by atoms with E-state index in [1.165, 1.54) is 0 Å². The minimum absolute atomic E-state index is 0. The Balaban J connectivity index is -0.000000876. The second kappa shape index (κ2) is 32.3. The van der Waals surface area contributed by atoms with Crippen LogP contribution in [0.3, 0.4) is 0 Å². The largest absolute Gasteiger partial charge is 0.481 e. The quantitative estimate of drug-likeness (QED) is 0.0765. The highest BCUT2D eigenvalue weighted by atomic mass is 35.5. The van der Waals surface area contributed by atoms with E-state index in [1.54, 1.807) is 24.3 Å². The summed E-state index contributed by atoms with van der Waals surface area (Å²) in [4.78, 5) is 49.1. The zero-order chi connectivity index (χ0) is 42.7. The summed E-state index contributed by atoms with van der Waals surface area (Å²) in [6.45, 7) is 5.05. The van der Waals surface area contributed by atoms with Gasteiger partial charge in [0.05, 0.1) is 6.42 Å². The molecule has 61 heavy (non-hydrogen) atoms. The number of carbonyl (C=O) groups is 4. The number of hydrogen-bond donors (Lipinski definition) is 5. The number of hydrogen-bond acceptors (Lipinski definition) is 7. The van der Waals surface area contributed by atoms with Crippen LogP contribution in [0.2, 0.25) is 10.0 Å². The molecule has 0 aliphatic carbocycles. The number of nitrogens with two attached hydrogens (primary N) is 3. The molecule has 0 aliphatic rings. The van der Waals surface area contributed by atoms with Gasteiger partial charge in [-0.05, 0) is 99.4 Å². The highest BCUT2D eigenvalue weighted by molar-refractivity contribution is 7.59. The lowest BCUT2D eigenvalue weighted by Crippen LogP contribution is -2.41. The molecule has 4 aromatic rings. The Labute approximate surface area is 400 Å². The third-order valence-electron chi connectivity index (χ3n) is 9.56. The molecule has 4 aromatic carbocycles. The van der Waals surface area contributed by atoms with Gasteiger partial charge < -0.3 is 37.4 Å². The van der Waals surface area contributed by atoms with Gasteiger partial charge in [-0.15, -0.1) is 0 Å². The Kier molecular flexibility index (Phi) is 32.8. The van der Waals surface area contributed by atoms with Crippen LogP contribution in [-0.2, 0) is 22.4 Å². The van der Waals surface area contributed by atoms with Crippen molar-refractivity contribution in [1.29, 1.82) is 0 Å². The molecule has 0 saturated heterocycles. The number of nitrogens with one attached hydrogen (secondary N) is 1. The molecule has 4 rings (SSSR count). The van der Waals surface area contributed by atoms with E-state index in [4.69, 9.17) is 45.5 Å². The van der Waals surface area contributed by atoms with Crippen LogP contribution in [0.15, 0.2) is 97.1 Å². The van der Waals surface area contributed by atoms with Gasteiger partial charge in [-0.1, -0.05) is 110 Å². The number of benzene rings is 4. The summed E-state index contributed by atoms with van der Waals surface area (Å²) in [7, 11) is 7.89. The maximum Gasteiger partial charge on any atom is 0.303 e. The Hall–Kier alpha value is -3.38. The molecule has 11 nitrogen and oxygen atoms in total. The van der Waals surface area contributed by atoms with E-state index < -0.39 is 17.8 Å². The first-order valence-corrected chi connectivity index (χ1v) is 19.5. The van der Waals surface area contributed by atoms with Crippen molar-refractivity contribution in [3.05, 3.63) is 140 Å². The fourth-order valence-electron chi connectivity index (χ4n) is 5.80. The Bertz CT molecular complexity index is 1900. The molecule has 17 heteroatoms. The summed E-state index contributed by atoms with van der Waals surface area (Å²) in [6, 6.07) is 30.2. The normalized spacial score (nSPS) is 12.0. The second-order valence-corrected chi connectivity index (χ2v) is 15.3. The molecule has 0 aliphatic heterocycles. The van der Waals surface area contributed by atoms with E-state index in [2.05, 4.69) is 22.0 Å². The number of halogens is 2. The van der Waals surface area contributed by atoms with Gasteiger partial charge in [0, 0.05) is 52.8 Å². The average molecular weight is 958 g/mol. The molecule has 340 valence electrons. The minimum atomic E-state index is -0.744. The molecule has 8 N–H and O–H groups in total. The Morgan fingerprint density at radius 3 is 1.33 bits per heavy atom. The van der Waals surface area contributed by atoms with Crippen LogP contribution in [0.5, 0.6) is 0 Å². The number of carbonyl (C=O) groups excluding carboxylic acids is 3. The number of amides is 3. The molecule has 3 amide bonds. The summed E-state index contributed by atoms with van der Waals surface area (Å²) in [5, 5.41) is 12.6. The molecule has 0 aromatic heterocycles. The van der Waals surface area contributed by atoms with Crippen LogP contribution in [0.4, 0.5) is 0 Å². The molecule has 0 bridgehead atoms. The van der Waals surface area contributed by atoms with E-state index in [9.17, 15) is 19.2 Å². The van der Waals surface area contributed by atoms with Crippen molar-refractivity contribution in [3.8, 4) is 0 Å². The standard InChI is InChI=1S/C22H28ClN3O2.C12H18ClN3O.C10H12O2.4H2S/c1-15(16-7-5-4-6-8-16)11-21(27)25-14-19(26(2)3)12-17-9-10-18(22(24)28)13-20(17)23;1-16(2)10(7-14)5-8-3-4-9(12(15)17)6-11(8)13;1-8(7-10(11)12)9-5-3-2-4-6-9;;;;/h4-10,13,15,19H,11-12,14H2,1-3H3,(H2,24,28)(H,25,27);3-4,6,10H,5,7,14H2,1-2H3,(H2,15,17);2-6,8H,7H2,1H3,(H,11,12);4*1H2/t15-,19-;10-;8-;;;;/m000..../s1. The molecule has 0 radical (unpaired) electrons. The average Bonchev–Trinajstić information content (AvgIpc) is 3.17. The zero-order valence-corrected chi connectivity index (χ0v) is 41.3. The molecule has 0 spiro atoms. The van der Waals surface area contributed by atoms with Crippen LogP contribution in [-0.4, -0.2) is 92.0 Å². The lowest BCUT2D eigenvalue weighted by molar-refractivity contribution is -0.137. The van der Waals surface area contributed by atoms with Gasteiger partial charge in [0.15, 0.2) is 0 Å². The topological polar surface area (TPSA) is 185 Å². The van der Waals surface area contributed by atoms with E-state index in [-0.39, 0.29) is 90.2 Å². The van der Waals surface area contributed by atoms with Crippen molar-refractivity contribution in [3.63, 3.8) is 0 Å². The highest BCUT2D eigenvalue weighted by Crippen LogP contribution is 2.22. The smallest absolute Gasteiger partial charge is 0.303 e. The maximum absolute atomic E-state index is 12.4. The minimum Gasteiger partial charge on any atom is -0.481 e. The molecule has 4 atom stereocenters. The molecule has 0 heterocycles. The van der Waals surface area contributed by atoms with Crippen LogP contribution in [0, 0.1) is 0 Å². The first kappa shape index (κ1) is 61.9. The maximum atomic E-state index is 12.4. The van der Waals surface area contributed by atoms with Crippen molar-refractivity contribution >= 4 is 101 Å². The first-order valence-electron chi connectivity index (χ1n) is 18.7. The first-order chi connectivity index (χ1) is 26.9. The van der Waals surface area contributed by atoms with Gasteiger partial charge in [-0.2, -0.15) is 54.0 Å². The van der Waals surface area contributed by atoms with Gasteiger partial charge in [-0.25, -0.2) is 0 Å². The van der Waals surface area contributed by atoms with Crippen molar-refractivity contribution < 1.29 is 24.3 Å². The molecular weight excluding hydrogens is 892 g/mol. The monoisotopic (exact) mass is 956 g/mol. The van der Waals surface area contributed by atoms with Crippen LogP contribution < -0.4 is 22.5 Å². The van der Waals surface area contributed by atoms with Crippen molar-refractivity contribution in [2.75, 3.05) is 41.3 Å². The summed E-state index contributed by atoms with van der Waals surface area (Å²) in [5.74, 6) is -1.43. The third-order valence-corrected chi connectivity index (χ3v) is 10.3. The molecule has 0 unspecified atom stereocenters. The van der Waals surface area contributed by atoms with Crippen molar-refractivity contribution in [2.45, 2.75) is 63.5 Å². The number of carboxylic acids is 1. The summed E-state index contributed by atoms with van der Waals surface area (Å²) in [6.07, 6.45) is 2.04. The summed E-state index contributed by atoms with van der Waals surface area (Å²) < 4.78 is 0. The van der Waals surface area contributed by atoms with Gasteiger partial charge in [0.25, 0.3) is 0 Å². The fourth-order valence-corrected chi connectivity index (χ4v) is 6.31. The molecular formula is C44H66Cl2N6O5S4. The van der Waals surface area contributed by atoms with E-state index >= 15 is 0 Å². The summed E-state index contributed by atoms with van der Waals surface area (Å²) in [5.41, 5.74) is 21.1. The predicted molar refractivity (Wildman–Crippen MR) is 272 cm³/mol. The number of aliphatic carboxylic acids is 1. The van der Waals surface area contributed by atoms with Crippen LogP contribution in [0.25, 0.3) is 0 Å². The van der Waals surface area contributed by atoms with E-state index in [0.29, 0.717) is 47.1 Å². The third kappa shape index (κ3) is 23.0. The van der Waals surface area contributed by atoms with Crippen LogP contribution >= 0.6 is 77.2 Å². The predicted octanol–water partition coefficient (Wildman–Crippen LogP) is 6.81. The Morgan fingerprint density at radius 1 is 0.623 bits per heavy atom. The lowest BCUT2D eigenvalue weighted by atomic mass is 9.97. The number of nitrogens with zero attached hydrogens (tertiary/aromatic N) is 2. The van der Waals surface area contributed by atoms with E-state index in [0.717, 1.165) is 28.7 Å². The SMILES string of the molecule is CN(C)[C@H](CN)Cc1ccc(C(N)=O)cc1Cl.C[C@@H](CC(=O)NC[C@H](Cc1ccc(C(N)=O)cc1Cl)N(C)C)c1ccccc1.C[C@@H](CC(=O)O)c1ccccc1.S.S.S.S. The van der Waals surface area contributed by atoms with Gasteiger partial charge in [0.1, 0.15) is 0 Å². The number of likely N-dealkylation sites (N-methyl/N-ethyl adjacent to an activating group) is 2. The number of rotatable bonds is 17. The summed E-state index contributed by atoms with van der Waals surface area (Å²) >= 11 is 12.4. The fraction of sp³-hybridized carbons (Fsp3) is 0.364. The number of primary amides is 2. The zero-order valence-electron chi connectivity index (χ0n) is 35.8. The molecule has 0 fully saturated rings. The second-order valence-electron chi connectivity index (χ2n) is 14.4. The highest BCUT2D eigenvalue weighted by Gasteiger charge is 2.18. The van der Waals surface area contributed by atoms with Crippen molar-refractivity contribution in [1.82, 2.24) is 15.1 Å². The van der Waals surface area contributed by atoms with E-state index in [1.807, 2.05) is 108 Å². The Morgan fingerprint density at radius 2 is 1.00 bits per heavy atom. The number of carboxylic acid groups (broad SMARTS) is 1. The molecule has 0 saturated carbocycles. The van der Waals surface area contributed by atoms with Gasteiger partial charge >= 0.3 is 5.97 Å². The van der Waals surface area contributed by atoms with Crippen molar-refractivity contribution in [2.24, 2.45) is 17.2 Å².